The van der Waals surface area contributed by atoms with Gasteiger partial charge >= 0.3 is 0 Å². The number of allylic oxidation sites excluding steroid dienone is 1. The molecule has 0 saturated heterocycles. The molecule has 0 aliphatic rings. The summed E-state index contributed by atoms with van der Waals surface area (Å²) in [4.78, 5) is 12.5. The van der Waals surface area contributed by atoms with Crippen molar-refractivity contribution in [3.05, 3.63) is 83.2 Å². The summed E-state index contributed by atoms with van der Waals surface area (Å²) in [7, 11) is 0. The number of aromatic hydroxyl groups is 1. The molecule has 4 rings (SSSR count). The summed E-state index contributed by atoms with van der Waals surface area (Å²) in [5.74, 6) is -0.161. The second-order valence-electron chi connectivity index (χ2n) is 5.57. The van der Waals surface area contributed by atoms with Crippen LogP contribution in [-0.2, 0) is 0 Å². The van der Waals surface area contributed by atoms with E-state index in [1.165, 1.54) is 10.8 Å². The van der Waals surface area contributed by atoms with Gasteiger partial charge in [0.1, 0.15) is 5.75 Å². The third-order valence-electron chi connectivity index (χ3n) is 4.09. The number of hydrogen-bond donors (Lipinski definition) is 1. The molecule has 0 unspecified atom stereocenters. The molecule has 0 spiro atoms. The Kier molecular flexibility index (Phi) is 3.63. The van der Waals surface area contributed by atoms with E-state index in [-0.39, 0.29) is 11.5 Å². The predicted molar refractivity (Wildman–Crippen MR) is 101 cm³/mol. The van der Waals surface area contributed by atoms with E-state index >= 15 is 0 Å². The standard InChI is InChI=1S/C21H14O2S/c22-19(12-10-15-13-24-20-8-4-3-6-16(15)20)18-11-9-14-5-1-2-7-17(14)21(18)23/h1-13,23H/b12-10+. The number of rotatable bonds is 3. The number of carbonyl (C=O) groups excluding carboxylic acids is 1. The fourth-order valence-corrected chi connectivity index (χ4v) is 3.77. The highest BCUT2D eigenvalue weighted by Gasteiger charge is 2.11. The molecule has 0 bridgehead atoms. The normalized spacial score (nSPS) is 11.5. The number of carbonyl (C=O) groups is 1. The molecule has 4 aromatic rings. The van der Waals surface area contributed by atoms with Gasteiger partial charge in [0.05, 0.1) is 5.56 Å². The van der Waals surface area contributed by atoms with Crippen LogP contribution < -0.4 is 0 Å². The molecule has 3 aromatic carbocycles. The molecule has 0 amide bonds. The summed E-state index contributed by atoms with van der Waals surface area (Å²) in [6.45, 7) is 0. The smallest absolute Gasteiger partial charge is 0.189 e. The van der Waals surface area contributed by atoms with Gasteiger partial charge in [-0.15, -0.1) is 11.3 Å². The van der Waals surface area contributed by atoms with Crippen molar-refractivity contribution in [1.82, 2.24) is 0 Å². The maximum absolute atomic E-state index is 12.5. The first-order valence-electron chi connectivity index (χ1n) is 7.63. The van der Waals surface area contributed by atoms with E-state index < -0.39 is 0 Å². The molecular formula is C21H14O2S. The average molecular weight is 330 g/mol. The zero-order valence-corrected chi connectivity index (χ0v) is 13.6. The number of hydrogen-bond acceptors (Lipinski definition) is 3. The molecular weight excluding hydrogens is 316 g/mol. The van der Waals surface area contributed by atoms with E-state index in [0.29, 0.717) is 10.9 Å². The Labute approximate surface area is 143 Å². The van der Waals surface area contributed by atoms with Crippen LogP contribution >= 0.6 is 11.3 Å². The van der Waals surface area contributed by atoms with Gasteiger partial charge in [-0.05, 0) is 46.0 Å². The summed E-state index contributed by atoms with van der Waals surface area (Å²) in [6.07, 6.45) is 3.34. The first-order chi connectivity index (χ1) is 11.7. The number of fused-ring (bicyclic) bond motifs is 2. The minimum Gasteiger partial charge on any atom is -0.507 e. The highest BCUT2D eigenvalue weighted by molar-refractivity contribution is 7.17. The molecule has 1 aromatic heterocycles. The Balaban J connectivity index is 1.70. The van der Waals surface area contributed by atoms with Gasteiger partial charge in [0.15, 0.2) is 5.78 Å². The van der Waals surface area contributed by atoms with Crippen LogP contribution in [0.4, 0.5) is 0 Å². The molecule has 0 atom stereocenters. The van der Waals surface area contributed by atoms with Crippen LogP contribution in [-0.4, -0.2) is 10.9 Å². The lowest BCUT2D eigenvalue weighted by Gasteiger charge is -2.05. The summed E-state index contributed by atoms with van der Waals surface area (Å²) < 4.78 is 1.19. The number of benzene rings is 3. The number of thiophene rings is 1. The Morgan fingerprint density at radius 2 is 1.67 bits per heavy atom. The Morgan fingerprint density at radius 1 is 0.917 bits per heavy atom. The third kappa shape index (κ3) is 2.49. The molecule has 2 nitrogen and oxygen atoms in total. The van der Waals surface area contributed by atoms with Crippen molar-refractivity contribution in [2.45, 2.75) is 0 Å². The van der Waals surface area contributed by atoms with Gasteiger partial charge in [-0.2, -0.15) is 0 Å². The SMILES string of the molecule is O=C(/C=C/c1csc2ccccc12)c1ccc2ccccc2c1O. The Hall–Kier alpha value is -2.91. The Bertz CT molecular complexity index is 1090. The highest BCUT2D eigenvalue weighted by atomic mass is 32.1. The molecule has 3 heteroatoms. The lowest BCUT2D eigenvalue weighted by Crippen LogP contribution is -1.95. The van der Waals surface area contributed by atoms with Crippen molar-refractivity contribution in [3.63, 3.8) is 0 Å². The lowest BCUT2D eigenvalue weighted by atomic mass is 10.0. The van der Waals surface area contributed by atoms with Crippen molar-refractivity contribution in [1.29, 1.82) is 0 Å². The minimum absolute atomic E-state index is 0.0397. The number of ketones is 1. The van der Waals surface area contributed by atoms with Crippen molar-refractivity contribution in [3.8, 4) is 5.75 Å². The molecule has 1 N–H and O–H groups in total. The van der Waals surface area contributed by atoms with Crippen LogP contribution in [0.15, 0.2) is 72.1 Å². The molecule has 1 heterocycles. The lowest BCUT2D eigenvalue weighted by molar-refractivity contribution is 0.104. The van der Waals surface area contributed by atoms with E-state index in [2.05, 4.69) is 6.07 Å². The second-order valence-corrected chi connectivity index (χ2v) is 6.48. The van der Waals surface area contributed by atoms with Crippen molar-refractivity contribution in [2.75, 3.05) is 0 Å². The van der Waals surface area contributed by atoms with Crippen molar-refractivity contribution in [2.24, 2.45) is 0 Å². The van der Waals surface area contributed by atoms with Crippen LogP contribution in [0.3, 0.4) is 0 Å². The number of phenols is 1. The third-order valence-corrected chi connectivity index (χ3v) is 5.07. The fourth-order valence-electron chi connectivity index (χ4n) is 2.84. The largest absolute Gasteiger partial charge is 0.507 e. The first-order valence-corrected chi connectivity index (χ1v) is 8.51. The molecule has 0 aliphatic carbocycles. The van der Waals surface area contributed by atoms with Crippen LogP contribution in [0.1, 0.15) is 15.9 Å². The maximum atomic E-state index is 12.5. The quantitative estimate of drug-likeness (QED) is 0.389. The summed E-state index contributed by atoms with van der Waals surface area (Å²) in [5.41, 5.74) is 1.34. The van der Waals surface area contributed by atoms with Gasteiger partial charge < -0.3 is 5.11 Å². The highest BCUT2D eigenvalue weighted by Crippen LogP contribution is 2.30. The monoisotopic (exact) mass is 330 g/mol. The molecule has 0 aliphatic heterocycles. The van der Waals surface area contributed by atoms with Crippen molar-refractivity contribution < 1.29 is 9.90 Å². The van der Waals surface area contributed by atoms with Crippen LogP contribution in [0.25, 0.3) is 26.9 Å². The van der Waals surface area contributed by atoms with Gasteiger partial charge in [0.2, 0.25) is 0 Å². The summed E-state index contributed by atoms with van der Waals surface area (Å²) >= 11 is 1.65. The zero-order valence-electron chi connectivity index (χ0n) is 12.8. The van der Waals surface area contributed by atoms with Gasteiger partial charge in [-0.25, -0.2) is 0 Å². The summed E-state index contributed by atoms with van der Waals surface area (Å²) in [6, 6.07) is 19.1. The van der Waals surface area contributed by atoms with E-state index in [1.807, 2.05) is 60.0 Å². The fraction of sp³-hybridized carbons (Fsp3) is 0. The maximum Gasteiger partial charge on any atom is 0.189 e. The molecule has 0 saturated carbocycles. The predicted octanol–water partition coefficient (Wildman–Crippen LogP) is 5.66. The average Bonchev–Trinajstić information content (AvgIpc) is 3.03. The minimum atomic E-state index is -0.200. The van der Waals surface area contributed by atoms with Gasteiger partial charge in [0, 0.05) is 10.1 Å². The van der Waals surface area contributed by atoms with E-state index in [0.717, 1.165) is 16.3 Å². The molecule has 0 fully saturated rings. The van der Waals surface area contributed by atoms with E-state index in [1.54, 1.807) is 17.4 Å². The number of phenolic OH excluding ortho intramolecular Hbond substituents is 1. The van der Waals surface area contributed by atoms with Crippen LogP contribution in [0.2, 0.25) is 0 Å². The van der Waals surface area contributed by atoms with Crippen LogP contribution in [0, 0.1) is 0 Å². The first kappa shape index (κ1) is 14.7. The van der Waals surface area contributed by atoms with E-state index in [9.17, 15) is 9.90 Å². The topological polar surface area (TPSA) is 37.3 Å². The second kappa shape index (κ2) is 5.95. The van der Waals surface area contributed by atoms with Gasteiger partial charge in [0.25, 0.3) is 0 Å². The summed E-state index contributed by atoms with van der Waals surface area (Å²) in [5, 5.41) is 15.2. The molecule has 116 valence electrons. The molecule has 0 radical (unpaired) electrons. The van der Waals surface area contributed by atoms with Crippen LogP contribution in [0.5, 0.6) is 5.75 Å². The van der Waals surface area contributed by atoms with Crippen molar-refractivity contribution >= 4 is 44.1 Å². The Morgan fingerprint density at radius 3 is 2.54 bits per heavy atom. The van der Waals surface area contributed by atoms with E-state index in [4.69, 9.17) is 0 Å². The zero-order chi connectivity index (χ0) is 16.5. The molecule has 24 heavy (non-hydrogen) atoms. The van der Waals surface area contributed by atoms with Gasteiger partial charge in [-0.3, -0.25) is 4.79 Å². The van der Waals surface area contributed by atoms with Gasteiger partial charge in [-0.1, -0.05) is 48.5 Å².